The Labute approximate surface area is 140 Å². The first-order valence-electron chi connectivity index (χ1n) is 6.30. The highest BCUT2D eigenvalue weighted by molar-refractivity contribution is 7.90. The van der Waals surface area contributed by atoms with Crippen LogP contribution in [0.25, 0.3) is 0 Å². The number of nitrogens with one attached hydrogen (secondary N) is 2. The molecule has 0 radical (unpaired) electrons. The second-order valence-corrected chi connectivity index (χ2v) is 7.44. The average molecular weight is 360 g/mol. The molecule has 2 aromatic carbocycles. The van der Waals surface area contributed by atoms with Gasteiger partial charge in [-0.1, -0.05) is 23.2 Å². The van der Waals surface area contributed by atoms with E-state index in [0.29, 0.717) is 21.4 Å². The molecule has 0 heterocycles. The summed E-state index contributed by atoms with van der Waals surface area (Å²) in [6.07, 6.45) is 0. The molecular formula is C14H15Cl2N3O2S. The van der Waals surface area contributed by atoms with Crippen molar-refractivity contribution >= 4 is 50.5 Å². The lowest BCUT2D eigenvalue weighted by Crippen LogP contribution is -2.28. The van der Waals surface area contributed by atoms with E-state index in [1.807, 2.05) is 0 Å². The molecule has 0 aliphatic rings. The Bertz CT molecular complexity index is 762. The standard InChI is InChI=1S/C14H15Cl2N3O2S/c1-19(2)22(20,21)18-12-6-4-11(5-7-12)17-14-8-3-10(15)9-13(14)16/h3-9,17-18H,1-2H3. The van der Waals surface area contributed by atoms with Crippen LogP contribution < -0.4 is 10.0 Å². The van der Waals surface area contributed by atoms with Gasteiger partial charge in [-0.2, -0.15) is 12.7 Å². The van der Waals surface area contributed by atoms with E-state index in [1.165, 1.54) is 14.1 Å². The van der Waals surface area contributed by atoms with Crippen molar-refractivity contribution < 1.29 is 8.42 Å². The van der Waals surface area contributed by atoms with E-state index in [0.717, 1.165) is 9.99 Å². The average Bonchev–Trinajstić information content (AvgIpc) is 2.43. The molecule has 0 fully saturated rings. The maximum Gasteiger partial charge on any atom is 0.301 e. The van der Waals surface area contributed by atoms with Gasteiger partial charge >= 0.3 is 10.2 Å². The van der Waals surface area contributed by atoms with Crippen molar-refractivity contribution in [1.29, 1.82) is 0 Å². The molecule has 0 bridgehead atoms. The van der Waals surface area contributed by atoms with Gasteiger partial charge in [-0.15, -0.1) is 0 Å². The topological polar surface area (TPSA) is 61.4 Å². The van der Waals surface area contributed by atoms with Crippen LogP contribution in [-0.2, 0) is 10.2 Å². The number of hydrogen-bond acceptors (Lipinski definition) is 3. The number of benzene rings is 2. The molecule has 0 atom stereocenters. The van der Waals surface area contributed by atoms with Crippen LogP contribution in [0.4, 0.5) is 17.1 Å². The molecule has 8 heteroatoms. The minimum absolute atomic E-state index is 0.474. The zero-order valence-corrected chi connectivity index (χ0v) is 14.3. The monoisotopic (exact) mass is 359 g/mol. The van der Waals surface area contributed by atoms with Crippen molar-refractivity contribution in [2.45, 2.75) is 0 Å². The molecule has 5 nitrogen and oxygen atoms in total. The molecule has 22 heavy (non-hydrogen) atoms. The summed E-state index contributed by atoms with van der Waals surface area (Å²) in [5.41, 5.74) is 1.96. The Morgan fingerprint density at radius 2 is 1.55 bits per heavy atom. The van der Waals surface area contributed by atoms with Crippen molar-refractivity contribution in [3.05, 3.63) is 52.5 Å². The van der Waals surface area contributed by atoms with Gasteiger partial charge in [-0.25, -0.2) is 0 Å². The highest BCUT2D eigenvalue weighted by Crippen LogP contribution is 2.28. The Morgan fingerprint density at radius 1 is 0.955 bits per heavy atom. The van der Waals surface area contributed by atoms with Crippen LogP contribution in [0.3, 0.4) is 0 Å². The lowest BCUT2D eigenvalue weighted by Gasteiger charge is -2.14. The summed E-state index contributed by atoms with van der Waals surface area (Å²) in [4.78, 5) is 0. The molecule has 2 rings (SSSR count). The van der Waals surface area contributed by atoms with Crippen molar-refractivity contribution in [2.75, 3.05) is 24.1 Å². The smallest absolute Gasteiger partial charge is 0.301 e. The van der Waals surface area contributed by atoms with E-state index in [2.05, 4.69) is 10.0 Å². The highest BCUT2D eigenvalue weighted by atomic mass is 35.5. The molecule has 118 valence electrons. The summed E-state index contributed by atoms with van der Waals surface area (Å²) >= 11 is 11.9. The molecule has 0 spiro atoms. The number of anilines is 3. The van der Waals surface area contributed by atoms with Crippen molar-refractivity contribution in [2.24, 2.45) is 0 Å². The van der Waals surface area contributed by atoms with Crippen LogP contribution in [0.1, 0.15) is 0 Å². The number of hydrogen-bond donors (Lipinski definition) is 2. The fraction of sp³-hybridized carbons (Fsp3) is 0.143. The van der Waals surface area contributed by atoms with Gasteiger partial charge in [0.05, 0.1) is 10.7 Å². The van der Waals surface area contributed by atoms with Gasteiger partial charge in [0.25, 0.3) is 0 Å². The van der Waals surface area contributed by atoms with Gasteiger partial charge in [0.1, 0.15) is 0 Å². The van der Waals surface area contributed by atoms with E-state index in [9.17, 15) is 8.42 Å². The van der Waals surface area contributed by atoms with Crippen LogP contribution in [-0.4, -0.2) is 26.8 Å². The van der Waals surface area contributed by atoms with Crippen LogP contribution in [0.5, 0.6) is 0 Å². The fourth-order valence-electron chi connectivity index (χ4n) is 1.61. The summed E-state index contributed by atoms with van der Waals surface area (Å²) in [7, 11) is -0.589. The fourth-order valence-corrected chi connectivity index (χ4v) is 2.68. The first kappa shape index (κ1) is 16.9. The minimum atomic E-state index is -3.51. The molecule has 2 N–H and O–H groups in total. The van der Waals surface area contributed by atoms with Crippen LogP contribution in [0.2, 0.25) is 10.0 Å². The second kappa shape index (κ2) is 6.75. The van der Waals surface area contributed by atoms with Crippen LogP contribution in [0, 0.1) is 0 Å². The van der Waals surface area contributed by atoms with Crippen LogP contribution in [0.15, 0.2) is 42.5 Å². The van der Waals surface area contributed by atoms with E-state index in [4.69, 9.17) is 23.2 Å². The number of rotatable bonds is 5. The second-order valence-electron chi connectivity index (χ2n) is 4.72. The summed E-state index contributed by atoms with van der Waals surface area (Å²) in [6.45, 7) is 0. The molecular weight excluding hydrogens is 345 g/mol. The zero-order valence-electron chi connectivity index (χ0n) is 12.0. The summed E-state index contributed by atoms with van der Waals surface area (Å²) in [5, 5.41) is 4.20. The highest BCUT2D eigenvalue weighted by Gasteiger charge is 2.12. The summed E-state index contributed by atoms with van der Waals surface area (Å²) in [6, 6.07) is 12.0. The first-order chi connectivity index (χ1) is 10.3. The predicted octanol–water partition coefficient (Wildman–Crippen LogP) is 3.96. The summed E-state index contributed by atoms with van der Waals surface area (Å²) in [5.74, 6) is 0. The molecule has 0 saturated carbocycles. The van der Waals surface area contributed by atoms with E-state index in [1.54, 1.807) is 42.5 Å². The van der Waals surface area contributed by atoms with Crippen molar-refractivity contribution in [3.63, 3.8) is 0 Å². The number of nitrogens with zero attached hydrogens (tertiary/aromatic N) is 1. The van der Waals surface area contributed by atoms with E-state index in [-0.39, 0.29) is 0 Å². The molecule has 0 aliphatic heterocycles. The Balaban J connectivity index is 2.12. The summed E-state index contributed by atoms with van der Waals surface area (Å²) < 4.78 is 27.0. The lowest BCUT2D eigenvalue weighted by molar-refractivity contribution is 0.527. The third-order valence-corrected chi connectivity index (χ3v) is 4.83. The van der Waals surface area contributed by atoms with Gasteiger partial charge in [0.15, 0.2) is 0 Å². The van der Waals surface area contributed by atoms with Gasteiger partial charge in [-0.3, -0.25) is 4.72 Å². The Kier molecular flexibility index (Phi) is 5.18. The largest absolute Gasteiger partial charge is 0.354 e. The van der Waals surface area contributed by atoms with Gasteiger partial charge < -0.3 is 5.32 Å². The molecule has 0 aliphatic carbocycles. The van der Waals surface area contributed by atoms with Crippen molar-refractivity contribution in [1.82, 2.24) is 4.31 Å². The normalized spacial score (nSPS) is 11.5. The Hall–Kier alpha value is -1.47. The molecule has 0 unspecified atom stereocenters. The first-order valence-corrected chi connectivity index (χ1v) is 8.50. The zero-order chi connectivity index (χ0) is 16.3. The van der Waals surface area contributed by atoms with Gasteiger partial charge in [-0.05, 0) is 42.5 Å². The molecule has 0 aromatic heterocycles. The third kappa shape index (κ3) is 4.27. The molecule has 0 saturated heterocycles. The third-order valence-electron chi connectivity index (χ3n) is 2.82. The quantitative estimate of drug-likeness (QED) is 0.849. The van der Waals surface area contributed by atoms with Crippen molar-refractivity contribution in [3.8, 4) is 0 Å². The Morgan fingerprint density at radius 3 is 2.09 bits per heavy atom. The lowest BCUT2D eigenvalue weighted by atomic mass is 10.2. The predicted molar refractivity (Wildman–Crippen MR) is 92.4 cm³/mol. The number of halogens is 2. The van der Waals surface area contributed by atoms with E-state index >= 15 is 0 Å². The minimum Gasteiger partial charge on any atom is -0.354 e. The molecule has 0 amide bonds. The SMILES string of the molecule is CN(C)S(=O)(=O)Nc1ccc(Nc2ccc(Cl)cc2Cl)cc1. The van der Waals surface area contributed by atoms with Gasteiger partial charge in [0.2, 0.25) is 0 Å². The van der Waals surface area contributed by atoms with Crippen LogP contribution >= 0.6 is 23.2 Å². The van der Waals surface area contributed by atoms with E-state index < -0.39 is 10.2 Å². The molecule has 2 aromatic rings. The maximum atomic E-state index is 11.7. The maximum absolute atomic E-state index is 11.7. The van der Waals surface area contributed by atoms with Gasteiger partial charge in [0, 0.05) is 30.5 Å².